The Morgan fingerprint density at radius 3 is 2.38 bits per heavy atom. The number of benzene rings is 1. The molecule has 0 aliphatic carbocycles. The van der Waals surface area contributed by atoms with Crippen molar-refractivity contribution in [1.29, 1.82) is 0 Å². The van der Waals surface area contributed by atoms with Crippen molar-refractivity contribution in [2.24, 2.45) is 0 Å². The van der Waals surface area contributed by atoms with Gasteiger partial charge in [0.05, 0.1) is 16.1 Å². The lowest BCUT2D eigenvalue weighted by atomic mass is 10.1. The van der Waals surface area contributed by atoms with Crippen LogP contribution >= 0.6 is 0 Å². The van der Waals surface area contributed by atoms with E-state index in [1.807, 2.05) is 0 Å². The molecule has 7 heteroatoms. The number of ketones is 1. The maximum absolute atomic E-state index is 13.2. The third-order valence-corrected chi connectivity index (χ3v) is 1.87. The first-order valence-electron chi connectivity index (χ1n) is 4.06. The van der Waals surface area contributed by atoms with E-state index < -0.39 is 39.3 Å². The van der Waals surface area contributed by atoms with Crippen molar-refractivity contribution in [3.63, 3.8) is 0 Å². The van der Waals surface area contributed by atoms with Crippen LogP contribution in [-0.4, -0.2) is 21.8 Å². The summed E-state index contributed by atoms with van der Waals surface area (Å²) in [5.41, 5.74) is -2.06. The maximum atomic E-state index is 13.2. The van der Waals surface area contributed by atoms with E-state index in [4.69, 9.17) is 5.11 Å². The first-order valence-corrected chi connectivity index (χ1v) is 4.06. The summed E-state index contributed by atoms with van der Waals surface area (Å²) in [6.07, 6.45) is 0. The summed E-state index contributed by atoms with van der Waals surface area (Å²) in [5, 5.41) is 19.1. The molecule has 1 rings (SSSR count). The van der Waals surface area contributed by atoms with Gasteiger partial charge in [0.2, 0.25) is 5.82 Å². The predicted molar refractivity (Wildman–Crippen MR) is 50.0 cm³/mol. The molecule has 0 heterocycles. The molecule has 0 fully saturated rings. The Morgan fingerprint density at radius 1 is 1.44 bits per heavy atom. The number of aromatic carboxylic acids is 1. The zero-order chi connectivity index (χ0) is 12.5. The van der Waals surface area contributed by atoms with Gasteiger partial charge in [-0.25, -0.2) is 4.79 Å². The zero-order valence-corrected chi connectivity index (χ0v) is 8.06. The molecule has 1 aromatic carbocycles. The molecule has 1 aromatic rings. The van der Waals surface area contributed by atoms with Crippen molar-refractivity contribution in [2.45, 2.75) is 6.92 Å². The number of rotatable bonds is 3. The molecule has 1 N–H and O–H groups in total. The lowest BCUT2D eigenvalue weighted by molar-refractivity contribution is -0.387. The number of hydrogen-bond donors (Lipinski definition) is 1. The first-order chi connectivity index (χ1) is 7.34. The summed E-state index contributed by atoms with van der Waals surface area (Å²) in [6, 6.07) is 1.29. The lowest BCUT2D eigenvalue weighted by Crippen LogP contribution is -2.07. The number of carbonyl (C=O) groups is 2. The summed E-state index contributed by atoms with van der Waals surface area (Å²) in [7, 11) is 0. The number of nitro groups is 1. The molecule has 0 aliphatic rings. The molecule has 6 nitrogen and oxygen atoms in total. The highest BCUT2D eigenvalue weighted by molar-refractivity contribution is 6.00. The smallest absolute Gasteiger partial charge is 0.335 e. The molecule has 0 unspecified atom stereocenters. The second kappa shape index (κ2) is 4.05. The van der Waals surface area contributed by atoms with Gasteiger partial charge in [0.15, 0.2) is 5.78 Å². The number of carboxylic acids is 1. The van der Waals surface area contributed by atoms with E-state index in [9.17, 15) is 24.1 Å². The van der Waals surface area contributed by atoms with E-state index >= 15 is 0 Å². The van der Waals surface area contributed by atoms with Crippen molar-refractivity contribution in [3.05, 3.63) is 39.2 Å². The van der Waals surface area contributed by atoms with Gasteiger partial charge in [-0.3, -0.25) is 14.9 Å². The van der Waals surface area contributed by atoms with Crippen LogP contribution in [0.5, 0.6) is 0 Å². The molecule has 0 amide bonds. The van der Waals surface area contributed by atoms with Crippen molar-refractivity contribution >= 4 is 17.4 Å². The molecule has 0 saturated heterocycles. The van der Waals surface area contributed by atoms with Crippen LogP contribution in [0.25, 0.3) is 0 Å². The third-order valence-electron chi connectivity index (χ3n) is 1.87. The van der Waals surface area contributed by atoms with Gasteiger partial charge in [0, 0.05) is 0 Å². The SMILES string of the molecule is CC(=O)c1cc(C(=O)O)cc(F)c1[N+](=O)[O-]. The van der Waals surface area contributed by atoms with Crippen molar-refractivity contribution in [2.75, 3.05) is 0 Å². The number of carboxylic acid groups (broad SMARTS) is 1. The Kier molecular flexibility index (Phi) is 2.98. The van der Waals surface area contributed by atoms with Crippen LogP contribution < -0.4 is 0 Å². The standard InChI is InChI=1S/C9H6FNO5/c1-4(12)6-2-5(9(13)14)3-7(10)8(6)11(15)16/h2-3H,1H3,(H,13,14). The first kappa shape index (κ1) is 11.8. The molecule has 0 spiro atoms. The van der Waals surface area contributed by atoms with Gasteiger partial charge in [-0.1, -0.05) is 0 Å². The van der Waals surface area contributed by atoms with Crippen LogP contribution in [0.4, 0.5) is 10.1 Å². The Bertz CT molecular complexity index is 497. The normalized spacial score (nSPS) is 9.88. The summed E-state index contributed by atoms with van der Waals surface area (Å²) in [6.45, 7) is 0.993. The predicted octanol–water partition coefficient (Wildman–Crippen LogP) is 1.63. The van der Waals surface area contributed by atoms with Gasteiger partial charge >= 0.3 is 11.7 Å². The highest BCUT2D eigenvalue weighted by atomic mass is 19.1. The van der Waals surface area contributed by atoms with Gasteiger partial charge in [-0.15, -0.1) is 0 Å². The van der Waals surface area contributed by atoms with E-state index in [0.717, 1.165) is 13.0 Å². The van der Waals surface area contributed by atoms with Gasteiger partial charge < -0.3 is 5.11 Å². The maximum Gasteiger partial charge on any atom is 0.335 e. The fourth-order valence-electron chi connectivity index (χ4n) is 1.18. The molecule has 16 heavy (non-hydrogen) atoms. The quantitative estimate of drug-likeness (QED) is 0.480. The summed E-state index contributed by atoms with van der Waals surface area (Å²) in [5.74, 6) is -3.57. The molecule has 0 aromatic heterocycles. The summed E-state index contributed by atoms with van der Waals surface area (Å²) < 4.78 is 13.2. The van der Waals surface area contributed by atoms with E-state index in [1.165, 1.54) is 0 Å². The Morgan fingerprint density at radius 2 is 2.00 bits per heavy atom. The average Bonchev–Trinajstić information content (AvgIpc) is 2.15. The minimum atomic E-state index is -1.46. The van der Waals surface area contributed by atoms with Gasteiger partial charge in [0.1, 0.15) is 0 Å². The van der Waals surface area contributed by atoms with Crippen LogP contribution in [0.1, 0.15) is 27.6 Å². The molecule has 84 valence electrons. The summed E-state index contributed by atoms with van der Waals surface area (Å²) >= 11 is 0. The topological polar surface area (TPSA) is 97.5 Å². The monoisotopic (exact) mass is 227 g/mol. The van der Waals surface area contributed by atoms with E-state index in [-0.39, 0.29) is 0 Å². The summed E-state index contributed by atoms with van der Waals surface area (Å²) in [4.78, 5) is 31.0. The molecular formula is C9H6FNO5. The fraction of sp³-hybridized carbons (Fsp3) is 0.111. The molecule has 0 saturated carbocycles. The third kappa shape index (κ3) is 2.02. The van der Waals surface area contributed by atoms with E-state index in [2.05, 4.69) is 0 Å². The molecule has 0 aliphatic heterocycles. The van der Waals surface area contributed by atoms with Crippen LogP contribution in [0.2, 0.25) is 0 Å². The van der Waals surface area contributed by atoms with Crippen molar-refractivity contribution in [1.82, 2.24) is 0 Å². The Balaban J connectivity index is 3.58. The number of carbonyl (C=O) groups excluding carboxylic acids is 1. The second-order valence-corrected chi connectivity index (χ2v) is 2.97. The number of hydrogen-bond acceptors (Lipinski definition) is 4. The molecular weight excluding hydrogens is 221 g/mol. The van der Waals surface area contributed by atoms with E-state index in [1.54, 1.807) is 0 Å². The van der Waals surface area contributed by atoms with Crippen LogP contribution in [0.15, 0.2) is 12.1 Å². The lowest BCUT2D eigenvalue weighted by Gasteiger charge is -2.02. The van der Waals surface area contributed by atoms with Crippen LogP contribution in [-0.2, 0) is 0 Å². The number of Topliss-reactive ketones (excluding diaryl/α,β-unsaturated/α-hetero) is 1. The van der Waals surface area contributed by atoms with Crippen molar-refractivity contribution in [3.8, 4) is 0 Å². The number of nitro benzene ring substituents is 1. The fourth-order valence-corrected chi connectivity index (χ4v) is 1.18. The zero-order valence-electron chi connectivity index (χ0n) is 8.06. The highest BCUT2D eigenvalue weighted by Gasteiger charge is 2.25. The average molecular weight is 227 g/mol. The van der Waals surface area contributed by atoms with Crippen molar-refractivity contribution < 1.29 is 24.0 Å². The highest BCUT2D eigenvalue weighted by Crippen LogP contribution is 2.24. The Hall–Kier alpha value is -2.31. The minimum Gasteiger partial charge on any atom is -0.478 e. The van der Waals surface area contributed by atoms with E-state index in [0.29, 0.717) is 6.07 Å². The van der Waals surface area contributed by atoms with Gasteiger partial charge in [0.25, 0.3) is 0 Å². The van der Waals surface area contributed by atoms with Crippen LogP contribution in [0.3, 0.4) is 0 Å². The molecule has 0 atom stereocenters. The van der Waals surface area contributed by atoms with Crippen LogP contribution in [0, 0.1) is 15.9 Å². The minimum absolute atomic E-state index is 0.506. The Labute approximate surface area is 88.5 Å². The molecule has 0 radical (unpaired) electrons. The molecule has 0 bridgehead atoms. The van der Waals surface area contributed by atoms with Gasteiger partial charge in [-0.2, -0.15) is 4.39 Å². The second-order valence-electron chi connectivity index (χ2n) is 2.97. The largest absolute Gasteiger partial charge is 0.478 e. The number of halogens is 1. The number of nitrogens with zero attached hydrogens (tertiary/aromatic N) is 1. The van der Waals surface area contributed by atoms with Gasteiger partial charge in [-0.05, 0) is 19.1 Å².